The minimum atomic E-state index is -0.344. The first-order chi connectivity index (χ1) is 9.47. The van der Waals surface area contributed by atoms with Gasteiger partial charge in [-0.15, -0.1) is 0 Å². The molecule has 0 aliphatic rings. The zero-order chi connectivity index (χ0) is 15.1. The van der Waals surface area contributed by atoms with Gasteiger partial charge in [-0.3, -0.25) is 0 Å². The first-order valence-corrected chi connectivity index (χ1v) is 7.20. The highest BCUT2D eigenvalue weighted by Gasteiger charge is 2.19. The molecule has 0 radical (unpaired) electrons. The molecule has 0 fully saturated rings. The second-order valence-electron chi connectivity index (χ2n) is 5.12. The third kappa shape index (κ3) is 4.85. The van der Waals surface area contributed by atoms with Crippen molar-refractivity contribution in [3.05, 3.63) is 29.8 Å². The lowest BCUT2D eigenvalue weighted by atomic mass is 10.1. The highest BCUT2D eigenvalue weighted by atomic mass is 16.5. The lowest BCUT2D eigenvalue weighted by Gasteiger charge is -2.26. The van der Waals surface area contributed by atoms with E-state index in [1.54, 1.807) is 12.1 Å². The van der Waals surface area contributed by atoms with Gasteiger partial charge in [0.05, 0.1) is 5.56 Å². The van der Waals surface area contributed by atoms with E-state index in [-0.39, 0.29) is 23.7 Å². The van der Waals surface area contributed by atoms with Crippen LogP contribution in [0.2, 0.25) is 0 Å². The Bertz CT molecular complexity index is 412. The Morgan fingerprint density at radius 2 is 1.75 bits per heavy atom. The number of phenols is 1. The van der Waals surface area contributed by atoms with Crippen LogP contribution in [-0.4, -0.2) is 41.7 Å². The van der Waals surface area contributed by atoms with Crippen molar-refractivity contribution in [1.29, 1.82) is 0 Å². The van der Waals surface area contributed by atoms with Gasteiger partial charge in [0, 0.05) is 12.5 Å². The van der Waals surface area contributed by atoms with Gasteiger partial charge in [0.1, 0.15) is 11.9 Å². The molecule has 1 rings (SSSR count). The minimum absolute atomic E-state index is 0.142. The molecule has 20 heavy (non-hydrogen) atoms. The average molecular weight is 279 g/mol. The van der Waals surface area contributed by atoms with Crippen LogP contribution in [0.4, 0.5) is 0 Å². The SMILES string of the molecule is CCN(CC)C[C@H](C)[C@@H](C)OC(=O)c1ccc(O)cc1. The van der Waals surface area contributed by atoms with Crippen molar-refractivity contribution in [2.75, 3.05) is 19.6 Å². The van der Waals surface area contributed by atoms with Gasteiger partial charge in [0.2, 0.25) is 0 Å². The number of hydrogen-bond donors (Lipinski definition) is 1. The summed E-state index contributed by atoms with van der Waals surface area (Å²) in [5.74, 6) is 0.0735. The third-order valence-corrected chi connectivity index (χ3v) is 3.64. The van der Waals surface area contributed by atoms with E-state index in [0.717, 1.165) is 19.6 Å². The number of aromatic hydroxyl groups is 1. The summed E-state index contributed by atoms with van der Waals surface area (Å²) in [6, 6.07) is 6.11. The molecule has 0 saturated heterocycles. The monoisotopic (exact) mass is 279 g/mol. The van der Waals surface area contributed by atoms with Gasteiger partial charge in [-0.2, -0.15) is 0 Å². The molecule has 2 atom stereocenters. The van der Waals surface area contributed by atoms with Gasteiger partial charge in [0.15, 0.2) is 0 Å². The molecule has 1 aromatic rings. The summed E-state index contributed by atoms with van der Waals surface area (Å²) in [5, 5.41) is 9.20. The first kappa shape index (κ1) is 16.5. The molecular weight excluding hydrogens is 254 g/mol. The van der Waals surface area contributed by atoms with Crippen LogP contribution >= 0.6 is 0 Å². The fraction of sp³-hybridized carbons (Fsp3) is 0.562. The number of nitrogens with zero attached hydrogens (tertiary/aromatic N) is 1. The maximum Gasteiger partial charge on any atom is 0.338 e. The molecule has 1 aromatic carbocycles. The van der Waals surface area contributed by atoms with Crippen LogP contribution < -0.4 is 0 Å². The Hall–Kier alpha value is -1.55. The number of phenolic OH excluding ortho intramolecular Hbond substituents is 1. The first-order valence-electron chi connectivity index (χ1n) is 7.20. The Labute approximate surface area is 121 Å². The van der Waals surface area contributed by atoms with E-state index in [9.17, 15) is 9.90 Å². The predicted molar refractivity (Wildman–Crippen MR) is 79.9 cm³/mol. The number of esters is 1. The quantitative estimate of drug-likeness (QED) is 0.780. The predicted octanol–water partition coefficient (Wildman–Crippen LogP) is 2.92. The number of benzene rings is 1. The molecule has 0 aromatic heterocycles. The molecule has 0 unspecified atom stereocenters. The molecule has 4 heteroatoms. The molecule has 0 amide bonds. The molecule has 0 aliphatic carbocycles. The van der Waals surface area contributed by atoms with Crippen molar-refractivity contribution >= 4 is 5.97 Å². The molecule has 1 N–H and O–H groups in total. The molecule has 0 heterocycles. The van der Waals surface area contributed by atoms with Crippen LogP contribution in [-0.2, 0) is 4.74 Å². The Balaban J connectivity index is 2.54. The summed E-state index contributed by atoms with van der Waals surface area (Å²) in [6.07, 6.45) is -0.142. The van der Waals surface area contributed by atoms with E-state index in [0.29, 0.717) is 5.56 Å². The van der Waals surface area contributed by atoms with E-state index < -0.39 is 0 Å². The summed E-state index contributed by atoms with van der Waals surface area (Å²) >= 11 is 0. The summed E-state index contributed by atoms with van der Waals surface area (Å²) in [6.45, 7) is 11.2. The molecule has 4 nitrogen and oxygen atoms in total. The second kappa shape index (κ2) is 7.90. The Morgan fingerprint density at radius 3 is 2.25 bits per heavy atom. The summed E-state index contributed by atoms with van der Waals surface area (Å²) in [5.41, 5.74) is 0.463. The summed E-state index contributed by atoms with van der Waals surface area (Å²) in [7, 11) is 0. The lowest BCUT2D eigenvalue weighted by molar-refractivity contribution is 0.0172. The van der Waals surface area contributed by atoms with E-state index in [4.69, 9.17) is 4.74 Å². The van der Waals surface area contributed by atoms with Gasteiger partial charge in [0.25, 0.3) is 0 Å². The van der Waals surface area contributed by atoms with E-state index >= 15 is 0 Å². The van der Waals surface area contributed by atoms with Gasteiger partial charge < -0.3 is 14.7 Å². The van der Waals surface area contributed by atoms with Crippen molar-refractivity contribution in [3.63, 3.8) is 0 Å². The standard InChI is InChI=1S/C16H25NO3/c1-5-17(6-2)11-12(3)13(4)20-16(19)14-7-9-15(18)10-8-14/h7-10,12-13,18H,5-6,11H2,1-4H3/t12-,13+/m0/s1. The van der Waals surface area contributed by atoms with Gasteiger partial charge >= 0.3 is 5.97 Å². The van der Waals surface area contributed by atoms with E-state index in [2.05, 4.69) is 25.7 Å². The smallest absolute Gasteiger partial charge is 0.338 e. The summed E-state index contributed by atoms with van der Waals surface area (Å²) in [4.78, 5) is 14.3. The largest absolute Gasteiger partial charge is 0.508 e. The third-order valence-electron chi connectivity index (χ3n) is 3.64. The van der Waals surface area contributed by atoms with Crippen molar-refractivity contribution in [2.45, 2.75) is 33.8 Å². The van der Waals surface area contributed by atoms with Crippen LogP contribution in [0, 0.1) is 5.92 Å². The molecule has 0 aliphatic heterocycles. The molecule has 0 bridgehead atoms. The number of hydrogen-bond acceptors (Lipinski definition) is 4. The zero-order valence-electron chi connectivity index (χ0n) is 12.8. The highest BCUT2D eigenvalue weighted by Crippen LogP contribution is 2.14. The fourth-order valence-corrected chi connectivity index (χ4v) is 1.99. The normalized spacial score (nSPS) is 14.1. The van der Waals surface area contributed by atoms with Crippen molar-refractivity contribution in [1.82, 2.24) is 4.90 Å². The van der Waals surface area contributed by atoms with Crippen LogP contribution in [0.3, 0.4) is 0 Å². The average Bonchev–Trinajstić information content (AvgIpc) is 2.44. The molecule has 0 saturated carbocycles. The Morgan fingerprint density at radius 1 is 1.20 bits per heavy atom. The zero-order valence-corrected chi connectivity index (χ0v) is 12.8. The lowest BCUT2D eigenvalue weighted by Crippen LogP contribution is -2.34. The van der Waals surface area contributed by atoms with Crippen LogP contribution in [0.15, 0.2) is 24.3 Å². The number of ether oxygens (including phenoxy) is 1. The van der Waals surface area contributed by atoms with E-state index in [1.165, 1.54) is 12.1 Å². The van der Waals surface area contributed by atoms with Crippen LogP contribution in [0.5, 0.6) is 5.75 Å². The molecular formula is C16H25NO3. The molecule has 112 valence electrons. The summed E-state index contributed by atoms with van der Waals surface area (Å²) < 4.78 is 5.48. The Kier molecular flexibility index (Phi) is 6.52. The fourth-order valence-electron chi connectivity index (χ4n) is 1.99. The maximum absolute atomic E-state index is 12.0. The highest BCUT2D eigenvalue weighted by molar-refractivity contribution is 5.89. The van der Waals surface area contributed by atoms with Crippen molar-refractivity contribution in [3.8, 4) is 5.75 Å². The number of rotatable bonds is 7. The van der Waals surface area contributed by atoms with Crippen molar-refractivity contribution < 1.29 is 14.6 Å². The maximum atomic E-state index is 12.0. The topological polar surface area (TPSA) is 49.8 Å². The van der Waals surface area contributed by atoms with Crippen LogP contribution in [0.25, 0.3) is 0 Å². The molecule has 0 spiro atoms. The van der Waals surface area contributed by atoms with Gasteiger partial charge in [-0.25, -0.2) is 4.79 Å². The van der Waals surface area contributed by atoms with Crippen molar-refractivity contribution in [2.24, 2.45) is 5.92 Å². The number of carbonyl (C=O) groups is 1. The minimum Gasteiger partial charge on any atom is -0.508 e. The number of carbonyl (C=O) groups excluding carboxylic acids is 1. The van der Waals surface area contributed by atoms with Crippen LogP contribution in [0.1, 0.15) is 38.1 Å². The van der Waals surface area contributed by atoms with E-state index in [1.807, 2.05) is 6.92 Å². The van der Waals surface area contributed by atoms with Gasteiger partial charge in [-0.05, 0) is 44.3 Å². The second-order valence-corrected chi connectivity index (χ2v) is 5.12. The van der Waals surface area contributed by atoms with Gasteiger partial charge in [-0.1, -0.05) is 20.8 Å².